The third kappa shape index (κ3) is 43.0. The van der Waals surface area contributed by atoms with Crippen molar-refractivity contribution >= 4 is 37.2 Å². The molecule has 4 heteroatoms. The Hall–Kier alpha value is 1.23. The normalized spacial score (nSPS) is 6.77. The zero-order valence-corrected chi connectivity index (χ0v) is 13.6. The van der Waals surface area contributed by atoms with Crippen molar-refractivity contribution in [3.05, 3.63) is 54.0 Å². The van der Waals surface area contributed by atoms with Gasteiger partial charge in [0.1, 0.15) is 0 Å². The van der Waals surface area contributed by atoms with Gasteiger partial charge in [0.2, 0.25) is 0 Å². The van der Waals surface area contributed by atoms with Gasteiger partial charge in [0.05, 0.1) is 0 Å². The van der Waals surface area contributed by atoms with Gasteiger partial charge in [0.15, 0.2) is 0 Å². The van der Waals surface area contributed by atoms with E-state index in [-0.39, 0.29) is 93.1 Å². The first-order valence-corrected chi connectivity index (χ1v) is 1.72. The van der Waals surface area contributed by atoms with Crippen LogP contribution in [0.5, 0.6) is 0 Å². The maximum atomic E-state index is 2.99. The molecule has 0 aromatic rings. The topological polar surface area (TPSA) is 0 Å². The molecule has 0 heterocycles. The molecule has 13 heavy (non-hydrogen) atoms. The second-order valence-electron chi connectivity index (χ2n) is 1.00. The van der Waals surface area contributed by atoms with Gasteiger partial charge < -0.3 is 29.7 Å². The van der Waals surface area contributed by atoms with Crippen molar-refractivity contribution in [2.24, 2.45) is 0 Å². The monoisotopic (exact) mass is 323 g/mol. The van der Waals surface area contributed by atoms with Crippen molar-refractivity contribution in [3.63, 3.8) is 0 Å². The zero-order chi connectivity index (χ0) is 3.54. The Kier molecular flexibility index (Phi) is 252. The van der Waals surface area contributed by atoms with E-state index in [1.165, 1.54) is 0 Å². The predicted molar refractivity (Wildman–Crippen MR) is 69.0 cm³/mol. The molecule has 0 aromatic heterocycles. The fourth-order valence-electron chi connectivity index (χ4n) is 0.340. The average Bonchev–Trinajstić information content (AvgIpc) is 1.76. The van der Waals surface area contributed by atoms with E-state index in [2.05, 4.69) is 12.2 Å². The van der Waals surface area contributed by atoms with E-state index < -0.39 is 0 Å². The fourth-order valence-corrected chi connectivity index (χ4v) is 0.340. The molecule has 0 bridgehead atoms. The quantitative estimate of drug-likeness (QED) is 0.580. The number of rotatable bonds is 0. The molecule has 1 rings (SSSR count). The number of allylic oxidation sites excluding steroid dienone is 4. The molecule has 0 fully saturated rings. The molecule has 0 atom stereocenters. The van der Waals surface area contributed by atoms with Crippen LogP contribution in [0.25, 0.3) is 0 Å². The molecular weight excluding hydrogens is 306 g/mol. The first kappa shape index (κ1) is 64.2. The predicted octanol–water partition coefficient (Wildman–Crippen LogP) is 4.37. The summed E-state index contributed by atoms with van der Waals surface area (Å²) >= 11 is 0. The molecule has 0 spiro atoms. The fraction of sp³-hybridized carbons (Fsp3) is 0.111. The minimum absolute atomic E-state index is 0. The summed E-state index contributed by atoms with van der Waals surface area (Å²) in [5, 5.41) is 0. The van der Waals surface area contributed by atoms with Crippen LogP contribution < -0.4 is 0 Å². The largest absolute Gasteiger partial charge is 0.358 e. The molecule has 0 amide bonds. The van der Waals surface area contributed by atoms with Crippen LogP contribution >= 0.6 is 37.2 Å². The van der Waals surface area contributed by atoms with Crippen LogP contribution in [-0.4, -0.2) is 0 Å². The summed E-state index contributed by atoms with van der Waals surface area (Å²) in [5.74, 6) is 0. The Morgan fingerprint density at radius 1 is 0.846 bits per heavy atom. The van der Waals surface area contributed by atoms with E-state index in [9.17, 15) is 0 Å². The van der Waals surface area contributed by atoms with Gasteiger partial charge in [-0.1, -0.05) is 0 Å². The number of hydrogen-bond donors (Lipinski definition) is 0. The van der Waals surface area contributed by atoms with Gasteiger partial charge in [-0.05, 0) is 0 Å². The van der Waals surface area contributed by atoms with Crippen molar-refractivity contribution in [2.75, 3.05) is 0 Å². The second-order valence-corrected chi connectivity index (χ2v) is 1.00. The van der Waals surface area contributed by atoms with Crippen molar-refractivity contribution in [2.45, 2.75) is 6.42 Å². The maximum absolute atomic E-state index is 2.99. The summed E-state index contributed by atoms with van der Waals surface area (Å²) in [4.78, 5) is 0. The van der Waals surface area contributed by atoms with Crippen LogP contribution in [0, 0.1) is 35.8 Å². The molecule has 0 aliphatic heterocycles. The summed E-state index contributed by atoms with van der Waals surface area (Å²) in [6, 6.07) is 0. The Morgan fingerprint density at radius 3 is 1.31 bits per heavy atom. The summed E-state index contributed by atoms with van der Waals surface area (Å²) in [7, 11) is 0. The maximum Gasteiger partial charge on any atom is 0 e. The van der Waals surface area contributed by atoms with E-state index >= 15 is 0 Å². The molecule has 0 aromatic carbocycles. The van der Waals surface area contributed by atoms with E-state index in [1.54, 1.807) is 0 Å². The standard InChI is InChI=1S/C5H5.4CH3.3ClH.Zr/c1-2-4-5-3-1;;;;;;;;/h1-3H,4H2;4*1H3;3*1H;/q5*-1;;;;. The third-order valence-corrected chi connectivity index (χ3v) is 0.586. The van der Waals surface area contributed by atoms with Crippen molar-refractivity contribution in [1.29, 1.82) is 0 Å². The Morgan fingerprint density at radius 2 is 1.23 bits per heavy atom. The first-order valence-electron chi connectivity index (χ1n) is 1.72. The van der Waals surface area contributed by atoms with Crippen LogP contribution in [-0.2, 0) is 26.2 Å². The average molecular weight is 326 g/mol. The molecule has 0 nitrogen and oxygen atoms in total. The first-order chi connectivity index (χ1) is 2.50. The van der Waals surface area contributed by atoms with Crippen molar-refractivity contribution in [3.8, 4) is 0 Å². The van der Waals surface area contributed by atoms with E-state index in [1.807, 2.05) is 12.2 Å². The van der Waals surface area contributed by atoms with Gasteiger partial charge in [-0.2, -0.15) is 6.08 Å². The van der Waals surface area contributed by atoms with Gasteiger partial charge in [-0.3, -0.25) is 6.08 Å². The van der Waals surface area contributed by atoms with Crippen LogP contribution in [0.3, 0.4) is 0 Å². The van der Waals surface area contributed by atoms with Crippen LogP contribution in [0.2, 0.25) is 0 Å². The summed E-state index contributed by atoms with van der Waals surface area (Å²) in [5.41, 5.74) is 0. The summed E-state index contributed by atoms with van der Waals surface area (Å²) < 4.78 is 0. The summed E-state index contributed by atoms with van der Waals surface area (Å²) in [6.45, 7) is 0. The van der Waals surface area contributed by atoms with Gasteiger partial charge in [-0.25, -0.2) is 12.2 Å². The van der Waals surface area contributed by atoms with Crippen LogP contribution in [0.15, 0.2) is 18.2 Å². The molecule has 1 aliphatic rings. The molecule has 0 N–H and O–H groups in total. The Labute approximate surface area is 123 Å². The molecule has 0 unspecified atom stereocenters. The molecule has 1 aliphatic carbocycles. The molecule has 0 saturated heterocycles. The van der Waals surface area contributed by atoms with Gasteiger partial charge in [0, 0.05) is 26.2 Å². The smallest absolute Gasteiger partial charge is 0 e. The van der Waals surface area contributed by atoms with Crippen molar-refractivity contribution in [1.82, 2.24) is 0 Å². The number of halogens is 3. The molecule has 0 saturated carbocycles. The summed E-state index contributed by atoms with van der Waals surface area (Å²) in [6.07, 6.45) is 10.0. The van der Waals surface area contributed by atoms with E-state index in [0.717, 1.165) is 6.42 Å². The van der Waals surface area contributed by atoms with Gasteiger partial charge in [-0.15, -0.1) is 43.6 Å². The van der Waals surface area contributed by atoms with E-state index in [4.69, 9.17) is 0 Å². The molecule has 86 valence electrons. The molecule has 0 radical (unpaired) electrons. The van der Waals surface area contributed by atoms with Crippen molar-refractivity contribution < 1.29 is 26.2 Å². The minimum Gasteiger partial charge on any atom is -0.358 e. The van der Waals surface area contributed by atoms with Crippen LogP contribution in [0.4, 0.5) is 0 Å². The van der Waals surface area contributed by atoms with Crippen LogP contribution in [0.1, 0.15) is 6.42 Å². The van der Waals surface area contributed by atoms with Gasteiger partial charge in [0.25, 0.3) is 0 Å². The second kappa shape index (κ2) is 51.0. The minimum atomic E-state index is 0. The zero-order valence-electron chi connectivity index (χ0n) is 8.66. The Bertz CT molecular complexity index is 72.9. The van der Waals surface area contributed by atoms with Gasteiger partial charge >= 0.3 is 0 Å². The Balaban J connectivity index is -0.00000000521. The molecular formula is C9H20Cl3Zr-5. The van der Waals surface area contributed by atoms with E-state index in [0.29, 0.717) is 0 Å². The third-order valence-electron chi connectivity index (χ3n) is 0.586. The number of hydrogen-bond acceptors (Lipinski definition) is 0. The SMILES string of the molecule is Cl.Cl.Cl.[C-]1=CC=CC1.[CH3-].[CH3-].[CH3-].[CH3-].[Zr].